The Hall–Kier alpha value is -3.35. The number of phenolic OH excluding ortho intramolecular Hbond substituents is 1. The van der Waals surface area contributed by atoms with E-state index in [0.29, 0.717) is 19.4 Å². The second-order valence-electron chi connectivity index (χ2n) is 7.20. The number of aromatic hydroxyl groups is 1. The lowest BCUT2D eigenvalue weighted by atomic mass is 9.89. The maximum absolute atomic E-state index is 13.1. The number of oxime groups is 1. The Bertz CT molecular complexity index is 911. The molecule has 1 saturated heterocycles. The molecule has 0 bridgehead atoms. The van der Waals surface area contributed by atoms with E-state index < -0.39 is 6.09 Å². The van der Waals surface area contributed by atoms with E-state index in [1.165, 1.54) is 4.90 Å². The number of amides is 2. The van der Waals surface area contributed by atoms with E-state index in [9.17, 15) is 14.7 Å². The first kappa shape index (κ1) is 19.0. The first-order valence-electron chi connectivity index (χ1n) is 9.62. The smallest absolute Gasteiger partial charge is 0.416 e. The van der Waals surface area contributed by atoms with Crippen LogP contribution in [0.2, 0.25) is 0 Å². The molecule has 150 valence electrons. The summed E-state index contributed by atoms with van der Waals surface area (Å²) in [6.45, 7) is 0.661. The number of hydrogen-bond acceptors (Lipinski definition) is 6. The molecule has 1 fully saturated rings. The predicted octanol–water partition coefficient (Wildman–Crippen LogP) is 3.23. The van der Waals surface area contributed by atoms with Gasteiger partial charge in [0.2, 0.25) is 5.91 Å². The summed E-state index contributed by atoms with van der Waals surface area (Å²) < 4.78 is 5.18. The van der Waals surface area contributed by atoms with Gasteiger partial charge in [-0.2, -0.15) is 0 Å². The minimum atomic E-state index is -0.606. The lowest BCUT2D eigenvalue weighted by Gasteiger charge is -2.23. The lowest BCUT2D eigenvalue weighted by Crippen LogP contribution is -2.41. The van der Waals surface area contributed by atoms with Crippen LogP contribution in [0, 0.1) is 0 Å². The average Bonchev–Trinajstić information content (AvgIpc) is 3.38. The molecule has 0 aromatic heterocycles. The molecular weight excluding hydrogens is 372 g/mol. The third-order valence-corrected chi connectivity index (χ3v) is 5.25. The second kappa shape index (κ2) is 8.34. The molecule has 29 heavy (non-hydrogen) atoms. The Balaban J connectivity index is 1.54. The fraction of sp³-hybridized carbons (Fsp3) is 0.318. The average molecular weight is 394 g/mol. The first-order valence-corrected chi connectivity index (χ1v) is 9.62. The number of phenols is 1. The molecule has 2 aromatic rings. The number of carbonyl (C=O) groups is 2. The zero-order valence-electron chi connectivity index (χ0n) is 15.9. The molecule has 0 unspecified atom stereocenters. The van der Waals surface area contributed by atoms with Gasteiger partial charge in [0, 0.05) is 18.8 Å². The van der Waals surface area contributed by atoms with Crippen LogP contribution >= 0.6 is 0 Å². The SMILES string of the molecule is O=C(C[C@H](C1=NOCC1)c1ccc(O)cc1)N1C(=O)OC[C@@H]1Cc1ccccc1. The van der Waals surface area contributed by atoms with Crippen LogP contribution < -0.4 is 0 Å². The zero-order chi connectivity index (χ0) is 20.2. The molecule has 2 atom stereocenters. The van der Waals surface area contributed by atoms with E-state index in [0.717, 1.165) is 16.8 Å². The Morgan fingerprint density at radius 2 is 1.93 bits per heavy atom. The molecule has 7 heteroatoms. The van der Waals surface area contributed by atoms with Gasteiger partial charge in [0.1, 0.15) is 19.0 Å². The van der Waals surface area contributed by atoms with E-state index in [1.807, 2.05) is 30.3 Å². The van der Waals surface area contributed by atoms with Gasteiger partial charge in [-0.15, -0.1) is 0 Å². The number of nitrogens with zero attached hydrogens (tertiary/aromatic N) is 2. The molecule has 2 aliphatic rings. The van der Waals surface area contributed by atoms with Gasteiger partial charge in [-0.3, -0.25) is 4.79 Å². The summed E-state index contributed by atoms with van der Waals surface area (Å²) in [5, 5.41) is 13.7. The highest BCUT2D eigenvalue weighted by Crippen LogP contribution is 2.29. The standard InChI is InChI=1S/C22H22N2O5/c25-18-8-6-16(7-9-18)19(20-10-11-29-23-20)13-21(26)24-17(14-28-22(24)27)12-15-4-2-1-3-5-15/h1-9,17,19,25H,10-14H2/t17-,19-/m0/s1. The highest BCUT2D eigenvalue weighted by molar-refractivity contribution is 5.99. The van der Waals surface area contributed by atoms with Crippen molar-refractivity contribution >= 4 is 17.7 Å². The van der Waals surface area contributed by atoms with Crippen molar-refractivity contribution in [2.24, 2.45) is 5.16 Å². The molecule has 2 aromatic carbocycles. The number of rotatable bonds is 6. The Labute approximate surface area is 168 Å². The minimum Gasteiger partial charge on any atom is -0.508 e. The van der Waals surface area contributed by atoms with Gasteiger partial charge in [0.05, 0.1) is 11.8 Å². The van der Waals surface area contributed by atoms with Crippen LogP contribution in [0.25, 0.3) is 0 Å². The van der Waals surface area contributed by atoms with Gasteiger partial charge < -0.3 is 14.7 Å². The van der Waals surface area contributed by atoms with E-state index in [4.69, 9.17) is 9.57 Å². The molecule has 4 rings (SSSR count). The fourth-order valence-electron chi connectivity index (χ4n) is 3.77. The summed E-state index contributed by atoms with van der Waals surface area (Å²) in [4.78, 5) is 31.8. The van der Waals surface area contributed by atoms with Crippen molar-refractivity contribution in [3.8, 4) is 5.75 Å². The van der Waals surface area contributed by atoms with Crippen LogP contribution in [-0.2, 0) is 20.8 Å². The van der Waals surface area contributed by atoms with Gasteiger partial charge in [-0.1, -0.05) is 47.6 Å². The summed E-state index contributed by atoms with van der Waals surface area (Å²) >= 11 is 0. The van der Waals surface area contributed by atoms with Crippen LogP contribution in [0.1, 0.15) is 29.9 Å². The highest BCUT2D eigenvalue weighted by atomic mass is 16.6. The Morgan fingerprint density at radius 1 is 1.17 bits per heavy atom. The zero-order valence-corrected chi connectivity index (χ0v) is 15.9. The van der Waals surface area contributed by atoms with Crippen molar-refractivity contribution in [3.05, 3.63) is 65.7 Å². The van der Waals surface area contributed by atoms with E-state index in [-0.39, 0.29) is 36.6 Å². The fourth-order valence-corrected chi connectivity index (χ4v) is 3.77. The molecule has 0 radical (unpaired) electrons. The van der Waals surface area contributed by atoms with Gasteiger partial charge >= 0.3 is 6.09 Å². The van der Waals surface area contributed by atoms with Crippen molar-refractivity contribution in [2.45, 2.75) is 31.2 Å². The van der Waals surface area contributed by atoms with Crippen LogP contribution in [0.3, 0.4) is 0 Å². The van der Waals surface area contributed by atoms with Crippen molar-refractivity contribution in [2.75, 3.05) is 13.2 Å². The molecule has 1 N–H and O–H groups in total. The number of ether oxygens (including phenoxy) is 1. The molecular formula is C22H22N2O5. The van der Waals surface area contributed by atoms with Gasteiger partial charge in [-0.05, 0) is 29.7 Å². The quantitative estimate of drug-likeness (QED) is 0.813. The second-order valence-corrected chi connectivity index (χ2v) is 7.20. The molecule has 2 aliphatic heterocycles. The summed E-state index contributed by atoms with van der Waals surface area (Å²) in [6, 6.07) is 16.1. The molecule has 7 nitrogen and oxygen atoms in total. The molecule has 0 saturated carbocycles. The van der Waals surface area contributed by atoms with Gasteiger partial charge in [-0.25, -0.2) is 9.69 Å². The van der Waals surface area contributed by atoms with Crippen molar-refractivity contribution in [3.63, 3.8) is 0 Å². The summed E-state index contributed by atoms with van der Waals surface area (Å²) in [6.07, 6.45) is 0.640. The van der Waals surface area contributed by atoms with E-state index in [1.54, 1.807) is 24.3 Å². The number of cyclic esters (lactones) is 1. The third kappa shape index (κ3) is 4.23. The predicted molar refractivity (Wildman–Crippen MR) is 106 cm³/mol. The number of benzene rings is 2. The summed E-state index contributed by atoms with van der Waals surface area (Å²) in [5.74, 6) is -0.480. The van der Waals surface area contributed by atoms with Crippen molar-refractivity contribution in [1.29, 1.82) is 0 Å². The van der Waals surface area contributed by atoms with Crippen molar-refractivity contribution < 1.29 is 24.3 Å². The van der Waals surface area contributed by atoms with Crippen LogP contribution in [0.4, 0.5) is 4.79 Å². The molecule has 0 aliphatic carbocycles. The third-order valence-electron chi connectivity index (χ3n) is 5.25. The summed E-state index contributed by atoms with van der Waals surface area (Å²) in [5.41, 5.74) is 2.64. The molecule has 2 amide bonds. The number of carbonyl (C=O) groups excluding carboxylic acids is 2. The molecule has 2 heterocycles. The topological polar surface area (TPSA) is 88.4 Å². The normalized spacial score (nSPS) is 19.4. The van der Waals surface area contributed by atoms with Crippen LogP contribution in [0.5, 0.6) is 5.75 Å². The maximum Gasteiger partial charge on any atom is 0.416 e. The van der Waals surface area contributed by atoms with E-state index >= 15 is 0 Å². The summed E-state index contributed by atoms with van der Waals surface area (Å²) in [7, 11) is 0. The van der Waals surface area contributed by atoms with Crippen molar-refractivity contribution in [1.82, 2.24) is 4.90 Å². The lowest BCUT2D eigenvalue weighted by molar-refractivity contribution is -0.129. The molecule has 0 spiro atoms. The Kier molecular flexibility index (Phi) is 5.46. The van der Waals surface area contributed by atoms with Gasteiger partial charge in [0.25, 0.3) is 0 Å². The maximum atomic E-state index is 13.1. The first-order chi connectivity index (χ1) is 14.1. The van der Waals surface area contributed by atoms with Crippen LogP contribution in [-0.4, -0.2) is 47.0 Å². The van der Waals surface area contributed by atoms with E-state index in [2.05, 4.69) is 5.16 Å². The van der Waals surface area contributed by atoms with Crippen LogP contribution in [0.15, 0.2) is 59.8 Å². The largest absolute Gasteiger partial charge is 0.508 e. The minimum absolute atomic E-state index is 0.0767. The number of imide groups is 1. The van der Waals surface area contributed by atoms with Gasteiger partial charge in [0.15, 0.2) is 0 Å². The highest BCUT2D eigenvalue weighted by Gasteiger charge is 2.39. The Morgan fingerprint density at radius 3 is 2.62 bits per heavy atom. The monoisotopic (exact) mass is 394 g/mol. The number of hydrogen-bond donors (Lipinski definition) is 1.